The number of carbonyl (C=O) groups excluding carboxylic acids is 1. The zero-order valence-corrected chi connectivity index (χ0v) is 21.3. The van der Waals surface area contributed by atoms with Crippen molar-refractivity contribution in [2.75, 3.05) is 27.2 Å². The Balaban J connectivity index is 1.54. The van der Waals surface area contributed by atoms with Crippen molar-refractivity contribution in [2.45, 2.75) is 18.9 Å². The number of amides is 1. The van der Waals surface area contributed by atoms with E-state index in [9.17, 15) is 14.7 Å². The molecule has 0 radical (unpaired) electrons. The Morgan fingerprint density at radius 1 is 1.24 bits per heavy atom. The van der Waals surface area contributed by atoms with Crippen molar-refractivity contribution in [3.05, 3.63) is 79.7 Å². The smallest absolute Gasteiger partial charge is 0.258 e. The third kappa shape index (κ3) is 5.39. The number of likely N-dealkylation sites (tertiary alicyclic amines) is 1. The first-order valence-corrected chi connectivity index (χ1v) is 12.2. The number of aromatic amines is 1. The summed E-state index contributed by atoms with van der Waals surface area (Å²) in [7, 11) is 3.94. The van der Waals surface area contributed by atoms with Gasteiger partial charge in [0, 0.05) is 39.7 Å². The highest BCUT2D eigenvalue weighted by Crippen LogP contribution is 2.33. The summed E-state index contributed by atoms with van der Waals surface area (Å²) < 4.78 is 0.960. The predicted molar refractivity (Wildman–Crippen MR) is 144 cm³/mol. The quantitative estimate of drug-likeness (QED) is 0.262. The number of rotatable bonds is 6. The molecule has 2 N–H and O–H groups in total. The molecule has 1 fully saturated rings. The maximum atomic E-state index is 12.7. The number of carbonyl (C=O) groups is 1. The van der Waals surface area contributed by atoms with Gasteiger partial charge in [0.2, 0.25) is 11.8 Å². The minimum absolute atomic E-state index is 0.0431. The Labute approximate surface area is 212 Å². The Kier molecular flexibility index (Phi) is 7.47. The van der Waals surface area contributed by atoms with E-state index in [1.165, 1.54) is 0 Å². The Morgan fingerprint density at radius 2 is 2.00 bits per heavy atom. The molecule has 1 amide bonds. The number of H-pyrrole nitrogens is 1. The predicted octanol–water partition coefficient (Wildman–Crippen LogP) is 4.37. The molecule has 7 nitrogen and oxygen atoms in total. The van der Waals surface area contributed by atoms with Crippen LogP contribution in [0.4, 0.5) is 5.69 Å². The summed E-state index contributed by atoms with van der Waals surface area (Å²) >= 11 is 2.17. The fraction of sp³-hybridized carbons (Fsp3) is 0.269. The molecule has 4 rings (SSSR count). The summed E-state index contributed by atoms with van der Waals surface area (Å²) in [6.07, 6.45) is 7.05. The largest absolute Gasteiger partial charge is 0.494 e. The molecule has 1 atom stereocenters. The number of pyridine rings is 1. The van der Waals surface area contributed by atoms with Crippen LogP contribution in [0.3, 0.4) is 0 Å². The van der Waals surface area contributed by atoms with Gasteiger partial charge in [0.15, 0.2) is 0 Å². The average Bonchev–Trinajstić information content (AvgIpc) is 3.29. The molecule has 34 heavy (non-hydrogen) atoms. The summed E-state index contributed by atoms with van der Waals surface area (Å²) in [5.41, 5.74) is 1.93. The zero-order chi connectivity index (χ0) is 24.2. The molecule has 1 aliphatic heterocycles. The maximum absolute atomic E-state index is 12.7. The van der Waals surface area contributed by atoms with Crippen LogP contribution < -0.4 is 5.56 Å². The lowest BCUT2D eigenvalue weighted by Gasteiger charge is -2.24. The van der Waals surface area contributed by atoms with Gasteiger partial charge in [-0.25, -0.2) is 0 Å². The molecule has 3 aromatic rings. The average molecular weight is 570 g/mol. The second-order valence-electron chi connectivity index (χ2n) is 8.61. The molecule has 0 spiro atoms. The summed E-state index contributed by atoms with van der Waals surface area (Å²) in [6, 6.07) is 13.3. The van der Waals surface area contributed by atoms with Crippen LogP contribution in [0.5, 0.6) is 5.88 Å². The summed E-state index contributed by atoms with van der Waals surface area (Å²) in [5.74, 6) is -0.163. The van der Waals surface area contributed by atoms with Gasteiger partial charge in [0.05, 0.1) is 17.3 Å². The normalized spacial score (nSPS) is 16.5. The Bertz CT molecular complexity index is 1310. The van der Waals surface area contributed by atoms with Crippen molar-refractivity contribution in [3.8, 4) is 5.88 Å². The van der Waals surface area contributed by atoms with Crippen molar-refractivity contribution in [3.63, 3.8) is 0 Å². The van der Waals surface area contributed by atoms with Gasteiger partial charge in [-0.05, 0) is 85.4 Å². The van der Waals surface area contributed by atoms with Gasteiger partial charge in [-0.3, -0.25) is 19.6 Å². The Hall–Kier alpha value is -2.98. The third-order valence-corrected chi connectivity index (χ3v) is 6.56. The number of fused-ring (bicyclic) bond motifs is 1. The minimum atomic E-state index is -0.336. The van der Waals surface area contributed by atoms with Crippen LogP contribution in [0.1, 0.15) is 30.0 Å². The molecule has 0 saturated carbocycles. The highest BCUT2D eigenvalue weighted by Gasteiger charge is 2.28. The number of hydrogen-bond acceptors (Lipinski definition) is 5. The highest BCUT2D eigenvalue weighted by molar-refractivity contribution is 14.1. The second-order valence-corrected chi connectivity index (χ2v) is 9.86. The Morgan fingerprint density at radius 3 is 2.74 bits per heavy atom. The van der Waals surface area contributed by atoms with Gasteiger partial charge in [0.1, 0.15) is 0 Å². The van der Waals surface area contributed by atoms with Gasteiger partial charge in [-0.1, -0.05) is 18.2 Å². The van der Waals surface area contributed by atoms with Crippen molar-refractivity contribution in [1.82, 2.24) is 14.8 Å². The first-order chi connectivity index (χ1) is 16.3. The number of likely N-dealkylation sites (N-methyl/N-ethyl adjacent to an activating group) is 1. The topological polar surface area (TPSA) is 89.0 Å². The summed E-state index contributed by atoms with van der Waals surface area (Å²) in [6.45, 7) is 1.49. The fourth-order valence-electron chi connectivity index (χ4n) is 4.20. The fourth-order valence-corrected chi connectivity index (χ4v) is 4.69. The van der Waals surface area contributed by atoms with Gasteiger partial charge < -0.3 is 14.9 Å². The number of aliphatic imine (C=N–C) groups is 1. The monoisotopic (exact) mass is 570 g/mol. The van der Waals surface area contributed by atoms with E-state index in [2.05, 4.69) is 32.6 Å². The summed E-state index contributed by atoms with van der Waals surface area (Å²) in [5, 5.41) is 11.5. The van der Waals surface area contributed by atoms with E-state index in [0.29, 0.717) is 16.3 Å². The van der Waals surface area contributed by atoms with E-state index in [4.69, 9.17) is 0 Å². The molecular formula is C26H27IN4O3. The van der Waals surface area contributed by atoms with Crippen molar-refractivity contribution >= 4 is 51.2 Å². The number of aromatic nitrogens is 1. The van der Waals surface area contributed by atoms with Crippen LogP contribution in [-0.2, 0) is 4.79 Å². The lowest BCUT2D eigenvalue weighted by Crippen LogP contribution is -2.29. The van der Waals surface area contributed by atoms with Crippen LogP contribution in [0.2, 0.25) is 0 Å². The minimum Gasteiger partial charge on any atom is -0.494 e. The molecule has 176 valence electrons. The van der Waals surface area contributed by atoms with Crippen LogP contribution in [-0.4, -0.2) is 59.2 Å². The van der Waals surface area contributed by atoms with Crippen LogP contribution >= 0.6 is 22.6 Å². The van der Waals surface area contributed by atoms with Crippen LogP contribution in [0, 0.1) is 3.57 Å². The zero-order valence-electron chi connectivity index (χ0n) is 19.2. The van der Waals surface area contributed by atoms with Crippen LogP contribution in [0.25, 0.3) is 10.8 Å². The van der Waals surface area contributed by atoms with Crippen molar-refractivity contribution in [2.24, 2.45) is 4.99 Å². The lowest BCUT2D eigenvalue weighted by molar-refractivity contribution is -0.126. The molecule has 1 aliphatic rings. The van der Waals surface area contributed by atoms with Gasteiger partial charge >= 0.3 is 0 Å². The van der Waals surface area contributed by atoms with E-state index in [1.54, 1.807) is 18.4 Å². The van der Waals surface area contributed by atoms with E-state index < -0.39 is 0 Å². The van der Waals surface area contributed by atoms with Crippen molar-refractivity contribution in [1.29, 1.82) is 0 Å². The molecule has 0 aliphatic carbocycles. The number of aromatic hydroxyl groups is 1. The number of hydrogen-bond donors (Lipinski definition) is 2. The molecule has 2 aromatic carbocycles. The standard InChI is InChI=1S/C26H27IN4O3/c1-30(2)13-4-6-24(32)31-14-3-5-23(31)17-7-10-19(11-8-17)28-16-22-21-15-18(27)9-12-20(21)25(33)29-26(22)34/h4,6-12,15-16,23H,3,5,13-14H2,1-2H3,(H2,29,33,34)/b6-4+,28-16?. The highest BCUT2D eigenvalue weighted by atomic mass is 127. The van der Waals surface area contributed by atoms with Crippen LogP contribution in [0.15, 0.2) is 64.4 Å². The molecule has 1 saturated heterocycles. The first-order valence-electron chi connectivity index (χ1n) is 11.1. The van der Waals surface area contributed by atoms with E-state index in [-0.39, 0.29) is 23.4 Å². The van der Waals surface area contributed by atoms with E-state index in [1.807, 2.05) is 66.4 Å². The van der Waals surface area contributed by atoms with Gasteiger partial charge in [-0.2, -0.15) is 0 Å². The van der Waals surface area contributed by atoms with Gasteiger partial charge in [-0.15, -0.1) is 0 Å². The number of nitrogens with one attached hydrogen (secondary N) is 1. The maximum Gasteiger partial charge on any atom is 0.258 e. The molecule has 1 aromatic heterocycles. The molecule has 1 unspecified atom stereocenters. The van der Waals surface area contributed by atoms with Gasteiger partial charge in [0.25, 0.3) is 5.56 Å². The van der Waals surface area contributed by atoms with Crippen molar-refractivity contribution < 1.29 is 9.90 Å². The SMILES string of the molecule is CN(C)C/C=C/C(=O)N1CCCC1c1ccc(N=Cc2c(O)[nH]c(=O)c3ccc(I)cc23)cc1. The number of halogens is 1. The number of nitrogens with zero attached hydrogens (tertiary/aromatic N) is 3. The molecule has 0 bridgehead atoms. The molecule has 2 heterocycles. The van der Waals surface area contributed by atoms with E-state index >= 15 is 0 Å². The second kappa shape index (κ2) is 10.5. The lowest BCUT2D eigenvalue weighted by atomic mass is 10.0. The first kappa shape index (κ1) is 24.2. The molecular weight excluding hydrogens is 543 g/mol. The summed E-state index contributed by atoms with van der Waals surface area (Å²) in [4.78, 5) is 35.8. The third-order valence-electron chi connectivity index (χ3n) is 5.89. The van der Waals surface area contributed by atoms with E-state index in [0.717, 1.165) is 40.8 Å². The molecule has 8 heteroatoms. The number of benzene rings is 2.